The summed E-state index contributed by atoms with van der Waals surface area (Å²) < 4.78 is 49.5. The third-order valence-corrected chi connectivity index (χ3v) is 6.28. The van der Waals surface area contributed by atoms with Gasteiger partial charge in [0.25, 0.3) is 0 Å². The van der Waals surface area contributed by atoms with Crippen molar-refractivity contribution in [2.75, 3.05) is 26.7 Å². The SMILES string of the molecule is COc1cc(C(F)(F)F)ncc1COc1ccc2c(c1)CCC(CN1CC(C(=O)O)C1)=C2C. The number of fused-ring (bicyclic) bond motifs is 1. The number of aryl methyl sites for hydroxylation is 1. The van der Waals surface area contributed by atoms with Gasteiger partial charge in [-0.1, -0.05) is 11.6 Å². The number of halogens is 3. The number of carbonyl (C=O) groups is 1. The summed E-state index contributed by atoms with van der Waals surface area (Å²) in [6, 6.07) is 6.68. The fraction of sp³-hybridized carbons (Fsp3) is 0.417. The minimum absolute atomic E-state index is 0.0346. The summed E-state index contributed by atoms with van der Waals surface area (Å²) >= 11 is 0. The minimum atomic E-state index is -4.54. The number of nitrogens with zero attached hydrogens (tertiary/aromatic N) is 2. The summed E-state index contributed by atoms with van der Waals surface area (Å²) in [6.45, 7) is 4.09. The van der Waals surface area contributed by atoms with Crippen molar-refractivity contribution < 1.29 is 32.5 Å². The number of rotatable bonds is 7. The molecule has 1 aromatic heterocycles. The smallest absolute Gasteiger partial charge is 0.433 e. The second kappa shape index (κ2) is 9.05. The summed E-state index contributed by atoms with van der Waals surface area (Å²) in [7, 11) is 1.31. The lowest BCUT2D eigenvalue weighted by Crippen LogP contribution is -2.50. The quantitative estimate of drug-likeness (QED) is 0.657. The van der Waals surface area contributed by atoms with Crippen molar-refractivity contribution in [2.45, 2.75) is 32.5 Å². The van der Waals surface area contributed by atoms with Crippen LogP contribution in [0.1, 0.15) is 35.7 Å². The average Bonchev–Trinajstić information content (AvgIpc) is 2.74. The highest BCUT2D eigenvalue weighted by Crippen LogP contribution is 2.35. The number of benzene rings is 1. The van der Waals surface area contributed by atoms with E-state index in [1.54, 1.807) is 0 Å². The number of pyridine rings is 1. The standard InChI is InChI=1S/C24H25F3N2O4/c1-14-16(10-29-11-18(12-29)23(30)31)4-3-15-7-19(5-6-20(14)15)33-13-17-9-28-22(24(25,26)27)8-21(17)32-2/h5-9,18H,3-4,10-13H2,1-2H3,(H,30,31). The van der Waals surface area contributed by atoms with E-state index in [2.05, 4.69) is 16.8 Å². The van der Waals surface area contributed by atoms with Gasteiger partial charge in [0.2, 0.25) is 0 Å². The van der Waals surface area contributed by atoms with Crippen LogP contribution >= 0.6 is 0 Å². The van der Waals surface area contributed by atoms with Crippen LogP contribution in [0.3, 0.4) is 0 Å². The van der Waals surface area contributed by atoms with E-state index in [1.165, 1.54) is 18.3 Å². The van der Waals surface area contributed by atoms with Gasteiger partial charge >= 0.3 is 12.1 Å². The lowest BCUT2D eigenvalue weighted by Gasteiger charge is -2.38. The maximum Gasteiger partial charge on any atom is 0.433 e. The summed E-state index contributed by atoms with van der Waals surface area (Å²) in [5.74, 6) is -0.294. The predicted molar refractivity (Wildman–Crippen MR) is 115 cm³/mol. The maximum atomic E-state index is 12.9. The molecule has 0 radical (unpaired) electrons. The molecule has 1 saturated heterocycles. The highest BCUT2D eigenvalue weighted by molar-refractivity contribution is 5.73. The van der Waals surface area contributed by atoms with E-state index in [9.17, 15) is 18.0 Å². The van der Waals surface area contributed by atoms with E-state index < -0.39 is 17.8 Å². The second-order valence-electron chi connectivity index (χ2n) is 8.44. The average molecular weight is 462 g/mol. The number of aliphatic carboxylic acids is 1. The van der Waals surface area contributed by atoms with Crippen LogP contribution in [0.25, 0.3) is 5.57 Å². The fourth-order valence-electron chi connectivity index (χ4n) is 4.30. The first kappa shape index (κ1) is 23.1. The van der Waals surface area contributed by atoms with Gasteiger partial charge in [-0.2, -0.15) is 13.2 Å². The molecule has 0 unspecified atom stereocenters. The molecule has 0 bridgehead atoms. The van der Waals surface area contributed by atoms with E-state index in [0.29, 0.717) is 24.4 Å². The number of aromatic nitrogens is 1. The Balaban J connectivity index is 1.42. The molecule has 176 valence electrons. The van der Waals surface area contributed by atoms with Gasteiger partial charge in [0.1, 0.15) is 23.8 Å². The number of hydrogen-bond acceptors (Lipinski definition) is 5. The Morgan fingerprint density at radius 1 is 1.24 bits per heavy atom. The fourth-order valence-corrected chi connectivity index (χ4v) is 4.30. The summed E-state index contributed by atoms with van der Waals surface area (Å²) in [5, 5.41) is 9.05. The normalized spacial score (nSPS) is 16.9. The van der Waals surface area contributed by atoms with E-state index in [4.69, 9.17) is 14.6 Å². The monoisotopic (exact) mass is 462 g/mol. The van der Waals surface area contributed by atoms with E-state index >= 15 is 0 Å². The van der Waals surface area contributed by atoms with Crippen molar-refractivity contribution in [3.05, 3.63) is 58.4 Å². The zero-order chi connectivity index (χ0) is 23.8. The number of allylic oxidation sites excluding steroid dienone is 1. The molecule has 2 aliphatic rings. The van der Waals surface area contributed by atoms with Crippen LogP contribution in [-0.4, -0.2) is 47.7 Å². The van der Waals surface area contributed by atoms with Crippen LogP contribution in [0.15, 0.2) is 36.0 Å². The molecule has 9 heteroatoms. The first-order valence-electron chi connectivity index (χ1n) is 10.7. The van der Waals surface area contributed by atoms with E-state index in [1.807, 2.05) is 18.2 Å². The molecule has 0 amide bonds. The van der Waals surface area contributed by atoms with Crippen molar-refractivity contribution in [3.8, 4) is 11.5 Å². The molecular weight excluding hydrogens is 437 g/mol. The molecule has 1 N–H and O–H groups in total. The maximum absolute atomic E-state index is 12.9. The Bertz CT molecular complexity index is 1090. The molecule has 1 fully saturated rings. The predicted octanol–water partition coefficient (Wildman–Crippen LogP) is 4.42. The molecule has 1 aromatic carbocycles. The molecule has 0 saturated carbocycles. The zero-order valence-corrected chi connectivity index (χ0v) is 18.4. The Labute approximate surface area is 189 Å². The summed E-state index contributed by atoms with van der Waals surface area (Å²) in [5.41, 5.74) is 4.24. The third-order valence-electron chi connectivity index (χ3n) is 6.28. The Hall–Kier alpha value is -3.07. The molecule has 2 aromatic rings. The lowest BCUT2D eigenvalue weighted by molar-refractivity contribution is -0.147. The van der Waals surface area contributed by atoms with E-state index in [0.717, 1.165) is 42.8 Å². The lowest BCUT2D eigenvalue weighted by atomic mass is 9.85. The van der Waals surface area contributed by atoms with Gasteiger partial charge in [-0.05, 0) is 48.6 Å². The Kier molecular flexibility index (Phi) is 6.34. The Morgan fingerprint density at radius 3 is 2.67 bits per heavy atom. The minimum Gasteiger partial charge on any atom is -0.496 e. The molecule has 0 spiro atoms. The van der Waals surface area contributed by atoms with Crippen LogP contribution in [0.2, 0.25) is 0 Å². The van der Waals surface area contributed by atoms with Gasteiger partial charge in [-0.3, -0.25) is 14.7 Å². The van der Waals surface area contributed by atoms with Gasteiger partial charge in [0.15, 0.2) is 0 Å². The van der Waals surface area contributed by atoms with Crippen molar-refractivity contribution in [1.82, 2.24) is 9.88 Å². The number of methoxy groups -OCH3 is 1. The molecule has 1 aliphatic heterocycles. The molecule has 33 heavy (non-hydrogen) atoms. The number of carboxylic acids is 1. The third kappa shape index (κ3) is 4.98. The molecule has 4 rings (SSSR count). The molecule has 2 heterocycles. The van der Waals surface area contributed by atoms with Gasteiger partial charge in [-0.15, -0.1) is 0 Å². The first-order valence-corrected chi connectivity index (χ1v) is 10.7. The molecule has 1 aliphatic carbocycles. The summed E-state index contributed by atoms with van der Waals surface area (Å²) in [6.07, 6.45) is -1.67. The second-order valence-corrected chi connectivity index (χ2v) is 8.44. The molecular formula is C24H25F3N2O4. The first-order chi connectivity index (χ1) is 15.7. The number of hydrogen-bond donors (Lipinski definition) is 1. The number of carboxylic acid groups (broad SMARTS) is 1. The Morgan fingerprint density at radius 2 is 2.00 bits per heavy atom. The van der Waals surface area contributed by atoms with Crippen molar-refractivity contribution in [1.29, 1.82) is 0 Å². The van der Waals surface area contributed by atoms with Gasteiger partial charge in [-0.25, -0.2) is 0 Å². The van der Waals surface area contributed by atoms with Gasteiger partial charge in [0, 0.05) is 37.5 Å². The van der Waals surface area contributed by atoms with Gasteiger partial charge in [0.05, 0.1) is 13.0 Å². The number of likely N-dealkylation sites (tertiary alicyclic amines) is 1. The number of ether oxygens (including phenoxy) is 2. The van der Waals surface area contributed by atoms with Crippen LogP contribution < -0.4 is 9.47 Å². The van der Waals surface area contributed by atoms with Crippen LogP contribution in [-0.2, 0) is 24.0 Å². The summed E-state index contributed by atoms with van der Waals surface area (Å²) in [4.78, 5) is 16.6. The molecule has 6 nitrogen and oxygen atoms in total. The number of alkyl halides is 3. The van der Waals surface area contributed by atoms with Crippen LogP contribution in [0, 0.1) is 5.92 Å². The zero-order valence-electron chi connectivity index (χ0n) is 18.4. The van der Waals surface area contributed by atoms with E-state index in [-0.39, 0.29) is 18.3 Å². The molecule has 0 atom stereocenters. The topological polar surface area (TPSA) is 71.9 Å². The highest BCUT2D eigenvalue weighted by Gasteiger charge is 2.34. The van der Waals surface area contributed by atoms with Crippen LogP contribution in [0.4, 0.5) is 13.2 Å². The van der Waals surface area contributed by atoms with Crippen molar-refractivity contribution >= 4 is 11.5 Å². The van der Waals surface area contributed by atoms with Crippen molar-refractivity contribution in [3.63, 3.8) is 0 Å². The highest BCUT2D eigenvalue weighted by atomic mass is 19.4. The largest absolute Gasteiger partial charge is 0.496 e. The van der Waals surface area contributed by atoms with Gasteiger partial charge < -0.3 is 14.6 Å². The van der Waals surface area contributed by atoms with Crippen LogP contribution in [0.5, 0.6) is 11.5 Å². The van der Waals surface area contributed by atoms with Crippen molar-refractivity contribution in [2.24, 2.45) is 5.92 Å².